The molecule has 0 aliphatic heterocycles. The van der Waals surface area contributed by atoms with Crippen LogP contribution in [0.3, 0.4) is 0 Å². The molecule has 6 nitrogen and oxygen atoms in total. The Morgan fingerprint density at radius 2 is 1.80 bits per heavy atom. The normalized spacial score (nSPS) is 12.5. The maximum Gasteiger partial charge on any atom is 0.315 e. The summed E-state index contributed by atoms with van der Waals surface area (Å²) in [6, 6.07) is 4.86. The SMILES string of the molecule is CCCC(NC(=O)NCc1ccc(F)cc1)C(=O)NCCC(C)N.Cl. The minimum atomic E-state index is -0.587. The summed E-state index contributed by atoms with van der Waals surface area (Å²) in [4.78, 5) is 24.1. The summed E-state index contributed by atoms with van der Waals surface area (Å²) in [6.07, 6.45) is 2.00. The Morgan fingerprint density at radius 3 is 2.36 bits per heavy atom. The van der Waals surface area contributed by atoms with E-state index in [1.165, 1.54) is 12.1 Å². The Bertz CT molecular complexity index is 526. The molecule has 0 fully saturated rings. The van der Waals surface area contributed by atoms with E-state index in [2.05, 4.69) is 16.0 Å². The number of carbonyl (C=O) groups excluding carboxylic acids is 2. The number of nitrogens with one attached hydrogen (secondary N) is 3. The number of halogens is 2. The van der Waals surface area contributed by atoms with Crippen molar-refractivity contribution in [2.24, 2.45) is 5.73 Å². The fraction of sp³-hybridized carbons (Fsp3) is 0.529. The zero-order valence-corrected chi connectivity index (χ0v) is 15.5. The second kappa shape index (κ2) is 12.5. The van der Waals surface area contributed by atoms with E-state index in [1.807, 2.05) is 13.8 Å². The number of nitrogens with two attached hydrogens (primary N) is 1. The molecule has 0 heterocycles. The number of benzene rings is 1. The topological polar surface area (TPSA) is 96.2 Å². The van der Waals surface area contributed by atoms with Crippen LogP contribution >= 0.6 is 12.4 Å². The highest BCUT2D eigenvalue weighted by Gasteiger charge is 2.19. The molecular weight excluding hydrogens is 347 g/mol. The molecule has 1 aromatic rings. The van der Waals surface area contributed by atoms with Gasteiger partial charge in [-0.15, -0.1) is 12.4 Å². The monoisotopic (exact) mass is 374 g/mol. The summed E-state index contributed by atoms with van der Waals surface area (Å²) in [5.74, 6) is -0.538. The Balaban J connectivity index is 0.00000576. The smallest absolute Gasteiger partial charge is 0.315 e. The molecule has 1 aromatic carbocycles. The van der Waals surface area contributed by atoms with Gasteiger partial charge in [-0.1, -0.05) is 25.5 Å². The predicted octanol–water partition coefficient (Wildman–Crippen LogP) is 2.07. The number of urea groups is 1. The summed E-state index contributed by atoms with van der Waals surface area (Å²) < 4.78 is 12.8. The van der Waals surface area contributed by atoms with Gasteiger partial charge in [0.15, 0.2) is 0 Å². The first-order valence-electron chi connectivity index (χ1n) is 8.24. The van der Waals surface area contributed by atoms with Crippen molar-refractivity contribution < 1.29 is 14.0 Å². The minimum absolute atomic E-state index is 0. The van der Waals surface area contributed by atoms with E-state index < -0.39 is 12.1 Å². The van der Waals surface area contributed by atoms with Crippen molar-refractivity contribution in [3.63, 3.8) is 0 Å². The van der Waals surface area contributed by atoms with Gasteiger partial charge in [-0.3, -0.25) is 4.79 Å². The quantitative estimate of drug-likeness (QED) is 0.532. The van der Waals surface area contributed by atoms with Gasteiger partial charge in [0.05, 0.1) is 0 Å². The highest BCUT2D eigenvalue weighted by molar-refractivity contribution is 5.87. The van der Waals surface area contributed by atoms with Crippen molar-refractivity contribution in [1.29, 1.82) is 0 Å². The summed E-state index contributed by atoms with van der Waals surface area (Å²) in [7, 11) is 0. The van der Waals surface area contributed by atoms with Crippen LogP contribution in [0.1, 0.15) is 38.7 Å². The third-order valence-electron chi connectivity index (χ3n) is 3.46. The summed E-state index contributed by atoms with van der Waals surface area (Å²) in [5, 5.41) is 8.12. The van der Waals surface area contributed by atoms with E-state index in [-0.39, 0.29) is 36.7 Å². The van der Waals surface area contributed by atoms with E-state index in [4.69, 9.17) is 5.73 Å². The first-order chi connectivity index (χ1) is 11.4. The Kier molecular flexibility index (Phi) is 11.6. The van der Waals surface area contributed by atoms with Crippen LogP contribution in [0.25, 0.3) is 0 Å². The lowest BCUT2D eigenvalue weighted by molar-refractivity contribution is -0.123. The van der Waals surface area contributed by atoms with E-state index in [0.717, 1.165) is 12.0 Å². The molecule has 0 spiro atoms. The number of hydrogen-bond donors (Lipinski definition) is 4. The number of carbonyl (C=O) groups is 2. The lowest BCUT2D eigenvalue weighted by atomic mass is 10.1. The molecule has 0 saturated heterocycles. The number of hydrogen-bond acceptors (Lipinski definition) is 3. The molecular formula is C17H28ClFN4O2. The Labute approximate surface area is 154 Å². The number of amides is 3. The van der Waals surface area contributed by atoms with E-state index >= 15 is 0 Å². The Morgan fingerprint density at radius 1 is 1.16 bits per heavy atom. The number of rotatable bonds is 9. The fourth-order valence-electron chi connectivity index (χ4n) is 2.10. The van der Waals surface area contributed by atoms with Crippen LogP contribution in [0.5, 0.6) is 0 Å². The Hall–Kier alpha value is -1.86. The van der Waals surface area contributed by atoms with Gasteiger partial charge in [0, 0.05) is 19.1 Å². The third kappa shape index (κ3) is 9.89. The van der Waals surface area contributed by atoms with E-state index in [9.17, 15) is 14.0 Å². The highest BCUT2D eigenvalue weighted by Crippen LogP contribution is 2.02. The average molecular weight is 375 g/mol. The largest absolute Gasteiger partial charge is 0.354 e. The fourth-order valence-corrected chi connectivity index (χ4v) is 2.10. The van der Waals surface area contributed by atoms with Crippen molar-refractivity contribution >= 4 is 24.3 Å². The minimum Gasteiger partial charge on any atom is -0.354 e. The van der Waals surface area contributed by atoms with Crippen molar-refractivity contribution in [1.82, 2.24) is 16.0 Å². The molecule has 25 heavy (non-hydrogen) atoms. The predicted molar refractivity (Wildman–Crippen MR) is 99.0 cm³/mol. The standard InChI is InChI=1S/C17H27FN4O2.ClH/c1-3-4-15(16(23)20-10-9-12(2)19)22-17(24)21-11-13-5-7-14(18)8-6-13;/h5-8,12,15H,3-4,9-11,19H2,1-2H3,(H,20,23)(H2,21,22,24);1H. The maximum atomic E-state index is 12.8. The molecule has 1 rings (SSSR count). The molecule has 8 heteroatoms. The van der Waals surface area contributed by atoms with Crippen molar-refractivity contribution in [3.05, 3.63) is 35.6 Å². The zero-order chi connectivity index (χ0) is 17.9. The first kappa shape index (κ1) is 23.1. The molecule has 2 unspecified atom stereocenters. The van der Waals surface area contributed by atoms with Crippen LogP contribution in [0.2, 0.25) is 0 Å². The van der Waals surface area contributed by atoms with Crippen LogP contribution in [0.15, 0.2) is 24.3 Å². The highest BCUT2D eigenvalue weighted by atomic mass is 35.5. The summed E-state index contributed by atoms with van der Waals surface area (Å²) in [5.41, 5.74) is 6.42. The first-order valence-corrected chi connectivity index (χ1v) is 8.24. The molecule has 0 bridgehead atoms. The van der Waals surface area contributed by atoms with Gasteiger partial charge in [-0.05, 0) is 37.5 Å². The lowest BCUT2D eigenvalue weighted by Gasteiger charge is -2.18. The van der Waals surface area contributed by atoms with Gasteiger partial charge in [0.1, 0.15) is 11.9 Å². The molecule has 0 radical (unpaired) electrons. The molecule has 2 atom stereocenters. The molecule has 0 aliphatic carbocycles. The molecule has 5 N–H and O–H groups in total. The van der Waals surface area contributed by atoms with Gasteiger partial charge in [0.2, 0.25) is 5.91 Å². The second-order valence-electron chi connectivity index (χ2n) is 5.85. The molecule has 0 aromatic heterocycles. The lowest BCUT2D eigenvalue weighted by Crippen LogP contribution is -2.50. The van der Waals surface area contributed by atoms with Crippen LogP contribution in [0, 0.1) is 5.82 Å². The molecule has 142 valence electrons. The zero-order valence-electron chi connectivity index (χ0n) is 14.7. The van der Waals surface area contributed by atoms with Crippen LogP contribution < -0.4 is 21.7 Å². The molecule has 0 aliphatic rings. The second-order valence-corrected chi connectivity index (χ2v) is 5.85. The van der Waals surface area contributed by atoms with Crippen molar-refractivity contribution in [2.75, 3.05) is 6.54 Å². The average Bonchev–Trinajstić information content (AvgIpc) is 2.53. The van der Waals surface area contributed by atoms with Crippen LogP contribution in [-0.4, -0.2) is 30.6 Å². The van der Waals surface area contributed by atoms with Gasteiger partial charge >= 0.3 is 6.03 Å². The van der Waals surface area contributed by atoms with Gasteiger partial charge < -0.3 is 21.7 Å². The van der Waals surface area contributed by atoms with Crippen molar-refractivity contribution in [2.45, 2.75) is 51.7 Å². The van der Waals surface area contributed by atoms with E-state index in [0.29, 0.717) is 19.4 Å². The summed E-state index contributed by atoms with van der Waals surface area (Å²) >= 11 is 0. The van der Waals surface area contributed by atoms with E-state index in [1.54, 1.807) is 12.1 Å². The van der Waals surface area contributed by atoms with Gasteiger partial charge in [-0.2, -0.15) is 0 Å². The maximum absolute atomic E-state index is 12.8. The summed E-state index contributed by atoms with van der Waals surface area (Å²) in [6.45, 7) is 4.56. The van der Waals surface area contributed by atoms with Gasteiger partial charge in [0.25, 0.3) is 0 Å². The third-order valence-corrected chi connectivity index (χ3v) is 3.46. The van der Waals surface area contributed by atoms with Gasteiger partial charge in [-0.25, -0.2) is 9.18 Å². The molecule has 3 amide bonds. The molecule has 0 saturated carbocycles. The van der Waals surface area contributed by atoms with Crippen LogP contribution in [-0.2, 0) is 11.3 Å². The van der Waals surface area contributed by atoms with Crippen molar-refractivity contribution in [3.8, 4) is 0 Å². The van der Waals surface area contributed by atoms with Crippen LogP contribution in [0.4, 0.5) is 9.18 Å².